The summed E-state index contributed by atoms with van der Waals surface area (Å²) in [5.74, 6) is 0.411. The number of phenols is 1. The van der Waals surface area contributed by atoms with Crippen LogP contribution in [0.25, 0.3) is 0 Å². The highest BCUT2D eigenvalue weighted by molar-refractivity contribution is 5.27. The Labute approximate surface area is 77.2 Å². The Morgan fingerprint density at radius 2 is 1.85 bits per heavy atom. The molecule has 0 bridgehead atoms. The quantitative estimate of drug-likeness (QED) is 0.741. The van der Waals surface area contributed by atoms with Gasteiger partial charge in [-0.2, -0.15) is 0 Å². The van der Waals surface area contributed by atoms with E-state index in [0.29, 0.717) is 5.56 Å². The molecule has 1 unspecified atom stereocenters. The van der Waals surface area contributed by atoms with Crippen molar-refractivity contribution in [1.82, 2.24) is 0 Å². The van der Waals surface area contributed by atoms with Gasteiger partial charge in [0.1, 0.15) is 11.9 Å². The zero-order valence-electron chi connectivity index (χ0n) is 7.41. The number of halogens is 1. The molecule has 0 saturated heterocycles. The number of hydrogen-bond donors (Lipinski definition) is 1. The Morgan fingerprint density at radius 1 is 1.23 bits per heavy atom. The van der Waals surface area contributed by atoms with Crippen LogP contribution >= 0.6 is 0 Å². The lowest BCUT2D eigenvalue weighted by Crippen LogP contribution is -2.16. The molecule has 1 aromatic carbocycles. The van der Waals surface area contributed by atoms with Crippen LogP contribution in [0.4, 0.5) is 4.39 Å². The van der Waals surface area contributed by atoms with Crippen molar-refractivity contribution in [1.29, 1.82) is 0 Å². The largest absolute Gasteiger partial charge is 0.508 e. The third-order valence-corrected chi connectivity index (χ3v) is 2.78. The Morgan fingerprint density at radius 3 is 2.31 bits per heavy atom. The fourth-order valence-corrected chi connectivity index (χ4v) is 1.66. The number of rotatable bonds is 2. The molecule has 13 heavy (non-hydrogen) atoms. The van der Waals surface area contributed by atoms with E-state index < -0.39 is 6.17 Å². The first-order chi connectivity index (χ1) is 6.27. The molecule has 1 aromatic rings. The average Bonchev–Trinajstić information content (AvgIpc) is 2.02. The van der Waals surface area contributed by atoms with E-state index >= 15 is 0 Å². The number of benzene rings is 1. The average molecular weight is 180 g/mol. The normalized spacial score (nSPS) is 19.5. The van der Waals surface area contributed by atoms with Gasteiger partial charge in [0.05, 0.1) is 0 Å². The second kappa shape index (κ2) is 3.36. The first-order valence-electron chi connectivity index (χ1n) is 4.70. The highest BCUT2D eigenvalue weighted by Crippen LogP contribution is 2.40. The van der Waals surface area contributed by atoms with E-state index in [1.807, 2.05) is 0 Å². The maximum absolute atomic E-state index is 13.6. The van der Waals surface area contributed by atoms with E-state index in [0.717, 1.165) is 19.3 Å². The first-order valence-corrected chi connectivity index (χ1v) is 4.70. The van der Waals surface area contributed by atoms with Crippen LogP contribution in [0, 0.1) is 5.92 Å². The Kier molecular flexibility index (Phi) is 2.21. The van der Waals surface area contributed by atoms with Gasteiger partial charge >= 0.3 is 0 Å². The van der Waals surface area contributed by atoms with Crippen LogP contribution in [0.1, 0.15) is 31.0 Å². The monoisotopic (exact) mass is 180 g/mol. The van der Waals surface area contributed by atoms with Crippen molar-refractivity contribution in [3.63, 3.8) is 0 Å². The summed E-state index contributed by atoms with van der Waals surface area (Å²) in [7, 11) is 0. The molecule has 1 atom stereocenters. The van der Waals surface area contributed by atoms with E-state index in [4.69, 9.17) is 5.11 Å². The molecule has 0 amide bonds. The van der Waals surface area contributed by atoms with Crippen LogP contribution in [0.15, 0.2) is 24.3 Å². The second-order valence-corrected chi connectivity index (χ2v) is 3.68. The van der Waals surface area contributed by atoms with Crippen LogP contribution < -0.4 is 0 Å². The number of alkyl halides is 1. The lowest BCUT2D eigenvalue weighted by atomic mass is 9.79. The molecule has 0 radical (unpaired) electrons. The second-order valence-electron chi connectivity index (χ2n) is 3.68. The van der Waals surface area contributed by atoms with E-state index in [9.17, 15) is 4.39 Å². The number of hydrogen-bond acceptors (Lipinski definition) is 1. The SMILES string of the molecule is Oc1ccc(C(F)C2CCC2)cc1. The number of aromatic hydroxyl groups is 1. The van der Waals surface area contributed by atoms with E-state index in [2.05, 4.69) is 0 Å². The lowest BCUT2D eigenvalue weighted by molar-refractivity contribution is 0.150. The van der Waals surface area contributed by atoms with Crippen LogP contribution in [-0.4, -0.2) is 5.11 Å². The molecule has 70 valence electrons. The third kappa shape index (κ3) is 1.67. The zero-order valence-corrected chi connectivity index (χ0v) is 7.41. The third-order valence-electron chi connectivity index (χ3n) is 2.78. The predicted octanol–water partition coefficient (Wildman–Crippen LogP) is 3.20. The minimum absolute atomic E-state index is 0.199. The molecule has 1 nitrogen and oxygen atoms in total. The fraction of sp³-hybridized carbons (Fsp3) is 0.455. The maximum Gasteiger partial charge on any atom is 0.128 e. The van der Waals surface area contributed by atoms with Gasteiger partial charge in [0.15, 0.2) is 0 Å². The summed E-state index contributed by atoms with van der Waals surface area (Å²) in [5.41, 5.74) is 0.697. The van der Waals surface area contributed by atoms with Crippen LogP contribution in [0.5, 0.6) is 5.75 Å². The summed E-state index contributed by atoms with van der Waals surface area (Å²) in [4.78, 5) is 0. The molecule has 0 heterocycles. The fourth-order valence-electron chi connectivity index (χ4n) is 1.66. The molecular formula is C11H13FO. The molecule has 1 fully saturated rings. The maximum atomic E-state index is 13.6. The van der Waals surface area contributed by atoms with Crippen LogP contribution in [0.3, 0.4) is 0 Å². The molecule has 1 saturated carbocycles. The van der Waals surface area contributed by atoms with Crippen molar-refractivity contribution < 1.29 is 9.50 Å². The molecule has 2 heteroatoms. The van der Waals surface area contributed by atoms with E-state index in [1.54, 1.807) is 24.3 Å². The van der Waals surface area contributed by atoms with Gasteiger partial charge in [0.25, 0.3) is 0 Å². The Balaban J connectivity index is 2.10. The molecule has 0 aliphatic heterocycles. The topological polar surface area (TPSA) is 20.2 Å². The van der Waals surface area contributed by atoms with Crippen LogP contribution in [-0.2, 0) is 0 Å². The molecule has 1 N–H and O–H groups in total. The lowest BCUT2D eigenvalue weighted by Gasteiger charge is -2.28. The van der Waals surface area contributed by atoms with Crippen molar-refractivity contribution in [2.45, 2.75) is 25.4 Å². The van der Waals surface area contributed by atoms with Crippen molar-refractivity contribution in [2.75, 3.05) is 0 Å². The van der Waals surface area contributed by atoms with Gasteiger partial charge in [-0.3, -0.25) is 0 Å². The van der Waals surface area contributed by atoms with Crippen molar-refractivity contribution in [3.8, 4) is 5.75 Å². The minimum Gasteiger partial charge on any atom is -0.508 e. The van der Waals surface area contributed by atoms with Gasteiger partial charge in [-0.15, -0.1) is 0 Å². The molecule has 0 aromatic heterocycles. The van der Waals surface area contributed by atoms with Crippen LogP contribution in [0.2, 0.25) is 0 Å². The number of phenolic OH excluding ortho intramolecular Hbond substituents is 1. The standard InChI is InChI=1S/C11H13FO/c12-11(8-2-1-3-8)9-4-6-10(13)7-5-9/h4-8,11,13H,1-3H2. The Bertz CT molecular complexity index is 277. The van der Waals surface area contributed by atoms with E-state index in [1.165, 1.54) is 0 Å². The Hall–Kier alpha value is -1.05. The van der Waals surface area contributed by atoms with Crippen molar-refractivity contribution in [3.05, 3.63) is 29.8 Å². The van der Waals surface area contributed by atoms with Gasteiger partial charge in [0.2, 0.25) is 0 Å². The van der Waals surface area contributed by atoms with Crippen molar-refractivity contribution >= 4 is 0 Å². The van der Waals surface area contributed by atoms with Gasteiger partial charge in [0, 0.05) is 0 Å². The highest BCUT2D eigenvalue weighted by Gasteiger charge is 2.28. The van der Waals surface area contributed by atoms with Gasteiger partial charge in [-0.1, -0.05) is 18.6 Å². The summed E-state index contributed by atoms with van der Waals surface area (Å²) in [6, 6.07) is 6.41. The summed E-state index contributed by atoms with van der Waals surface area (Å²) in [6.45, 7) is 0. The zero-order chi connectivity index (χ0) is 9.26. The van der Waals surface area contributed by atoms with Gasteiger partial charge in [-0.05, 0) is 36.5 Å². The van der Waals surface area contributed by atoms with E-state index in [-0.39, 0.29) is 11.7 Å². The van der Waals surface area contributed by atoms with Gasteiger partial charge < -0.3 is 5.11 Å². The van der Waals surface area contributed by atoms with Gasteiger partial charge in [-0.25, -0.2) is 4.39 Å². The molecule has 0 spiro atoms. The predicted molar refractivity (Wildman–Crippen MR) is 49.3 cm³/mol. The summed E-state index contributed by atoms with van der Waals surface area (Å²) >= 11 is 0. The summed E-state index contributed by atoms with van der Waals surface area (Å²) < 4.78 is 13.6. The summed E-state index contributed by atoms with van der Waals surface area (Å²) in [6.07, 6.45) is 2.32. The highest BCUT2D eigenvalue weighted by atomic mass is 19.1. The smallest absolute Gasteiger partial charge is 0.128 e. The first kappa shape index (κ1) is 8.54. The minimum atomic E-state index is -0.839. The molecule has 1 aliphatic carbocycles. The molecule has 2 rings (SSSR count). The molecular weight excluding hydrogens is 167 g/mol. The molecule has 1 aliphatic rings. The summed E-state index contributed by atoms with van der Waals surface area (Å²) in [5, 5.41) is 9.03. The van der Waals surface area contributed by atoms with Crippen molar-refractivity contribution in [2.24, 2.45) is 5.92 Å².